The summed E-state index contributed by atoms with van der Waals surface area (Å²) in [5.74, 6) is 0. The van der Waals surface area contributed by atoms with Gasteiger partial charge in [0.1, 0.15) is 0 Å². The van der Waals surface area contributed by atoms with Gasteiger partial charge in [-0.25, -0.2) is 9.97 Å². The lowest BCUT2D eigenvalue weighted by Crippen LogP contribution is -1.92. The number of hydrogen-bond acceptors (Lipinski definition) is 2. The largest absolute Gasteiger partial charge is 0.249 e. The Hall–Kier alpha value is -1.93. The third kappa shape index (κ3) is 1.36. The molecular weight excluding hydrogens is 244 g/mol. The molecule has 1 heterocycles. The van der Waals surface area contributed by atoms with Gasteiger partial charge in [-0.05, 0) is 23.8 Å². The molecule has 18 heavy (non-hydrogen) atoms. The Labute approximate surface area is 109 Å². The molecule has 2 nitrogen and oxygen atoms in total. The summed E-state index contributed by atoms with van der Waals surface area (Å²) in [7, 11) is 0. The Bertz CT molecular complexity index is 781. The van der Waals surface area contributed by atoms with E-state index in [-0.39, 0.29) is 0 Å². The average molecular weight is 253 g/mol. The van der Waals surface area contributed by atoms with Gasteiger partial charge < -0.3 is 0 Å². The van der Waals surface area contributed by atoms with Crippen molar-refractivity contribution in [3.05, 3.63) is 58.7 Å². The Morgan fingerprint density at radius 1 is 0.944 bits per heavy atom. The Balaban J connectivity index is 2.04. The summed E-state index contributed by atoms with van der Waals surface area (Å²) >= 11 is 5.99. The van der Waals surface area contributed by atoms with Crippen LogP contribution in [0.2, 0.25) is 5.02 Å². The topological polar surface area (TPSA) is 25.8 Å². The SMILES string of the molecule is Clc1ccc2nc3c(nc2c1)Cc1ccccc1-3. The van der Waals surface area contributed by atoms with Gasteiger partial charge in [-0.2, -0.15) is 0 Å². The van der Waals surface area contributed by atoms with Crippen LogP contribution in [0.5, 0.6) is 0 Å². The van der Waals surface area contributed by atoms with E-state index in [9.17, 15) is 0 Å². The molecule has 1 aromatic heterocycles. The minimum atomic E-state index is 0.701. The predicted octanol–water partition coefficient (Wildman–Crippen LogP) is 3.85. The summed E-state index contributed by atoms with van der Waals surface area (Å²) in [6, 6.07) is 14.0. The fourth-order valence-electron chi connectivity index (χ4n) is 2.49. The van der Waals surface area contributed by atoms with Crippen molar-refractivity contribution in [1.29, 1.82) is 0 Å². The number of halogens is 1. The van der Waals surface area contributed by atoms with Crippen LogP contribution < -0.4 is 0 Å². The molecule has 0 saturated carbocycles. The minimum Gasteiger partial charge on any atom is -0.249 e. The third-order valence-electron chi connectivity index (χ3n) is 3.33. The highest BCUT2D eigenvalue weighted by Crippen LogP contribution is 2.35. The van der Waals surface area contributed by atoms with E-state index in [0.717, 1.165) is 28.8 Å². The summed E-state index contributed by atoms with van der Waals surface area (Å²) in [4.78, 5) is 9.40. The van der Waals surface area contributed by atoms with Crippen molar-refractivity contribution in [2.45, 2.75) is 6.42 Å². The summed E-state index contributed by atoms with van der Waals surface area (Å²) in [6.45, 7) is 0. The molecule has 0 N–H and O–H groups in total. The van der Waals surface area contributed by atoms with Crippen LogP contribution in [0.25, 0.3) is 22.3 Å². The lowest BCUT2D eigenvalue weighted by Gasteiger charge is -2.02. The van der Waals surface area contributed by atoms with Gasteiger partial charge in [0.05, 0.1) is 22.4 Å². The summed E-state index contributed by atoms with van der Waals surface area (Å²) in [6.07, 6.45) is 0.862. The first kappa shape index (κ1) is 10.0. The predicted molar refractivity (Wildman–Crippen MR) is 72.8 cm³/mol. The number of aromatic nitrogens is 2. The second kappa shape index (κ2) is 3.53. The van der Waals surface area contributed by atoms with Gasteiger partial charge in [0.15, 0.2) is 0 Å². The first-order valence-corrected chi connectivity index (χ1v) is 6.23. The van der Waals surface area contributed by atoms with E-state index in [1.54, 1.807) is 0 Å². The third-order valence-corrected chi connectivity index (χ3v) is 3.56. The van der Waals surface area contributed by atoms with Gasteiger partial charge in [-0.1, -0.05) is 35.9 Å². The van der Waals surface area contributed by atoms with Gasteiger partial charge in [0, 0.05) is 17.0 Å². The first-order chi connectivity index (χ1) is 8.81. The van der Waals surface area contributed by atoms with Crippen molar-refractivity contribution < 1.29 is 0 Å². The second-order valence-electron chi connectivity index (χ2n) is 4.49. The van der Waals surface area contributed by atoms with E-state index < -0.39 is 0 Å². The van der Waals surface area contributed by atoms with Crippen molar-refractivity contribution >= 4 is 22.6 Å². The van der Waals surface area contributed by atoms with E-state index in [0.29, 0.717) is 5.02 Å². The summed E-state index contributed by atoms with van der Waals surface area (Å²) < 4.78 is 0. The van der Waals surface area contributed by atoms with Crippen LogP contribution in [0.4, 0.5) is 0 Å². The van der Waals surface area contributed by atoms with Crippen LogP contribution >= 0.6 is 11.6 Å². The lowest BCUT2D eigenvalue weighted by molar-refractivity contribution is 1.13. The molecule has 1 aliphatic rings. The van der Waals surface area contributed by atoms with Gasteiger partial charge in [-0.15, -0.1) is 0 Å². The zero-order valence-electron chi connectivity index (χ0n) is 9.52. The van der Waals surface area contributed by atoms with Gasteiger partial charge in [0.2, 0.25) is 0 Å². The van der Waals surface area contributed by atoms with Crippen LogP contribution in [0, 0.1) is 0 Å². The monoisotopic (exact) mass is 252 g/mol. The molecule has 0 bridgehead atoms. The van der Waals surface area contributed by atoms with Crippen molar-refractivity contribution in [1.82, 2.24) is 9.97 Å². The molecule has 0 atom stereocenters. The summed E-state index contributed by atoms with van der Waals surface area (Å²) in [5.41, 5.74) is 6.33. The maximum Gasteiger partial charge on any atom is 0.0931 e. The normalized spacial score (nSPS) is 12.5. The van der Waals surface area contributed by atoms with Crippen LogP contribution in [-0.2, 0) is 6.42 Å². The van der Waals surface area contributed by atoms with Gasteiger partial charge in [-0.3, -0.25) is 0 Å². The number of fused-ring (bicyclic) bond motifs is 4. The molecule has 0 fully saturated rings. The fraction of sp³-hybridized carbons (Fsp3) is 0.0667. The zero-order chi connectivity index (χ0) is 12.1. The van der Waals surface area contributed by atoms with Gasteiger partial charge in [0.25, 0.3) is 0 Å². The quantitative estimate of drug-likeness (QED) is 0.475. The standard InChI is InChI=1S/C15H9ClN2/c16-10-5-6-12-13(8-10)17-14-7-9-3-1-2-4-11(9)15(14)18-12/h1-6,8H,7H2. The first-order valence-electron chi connectivity index (χ1n) is 5.86. The van der Waals surface area contributed by atoms with Crippen molar-refractivity contribution in [2.24, 2.45) is 0 Å². The molecule has 0 unspecified atom stereocenters. The van der Waals surface area contributed by atoms with E-state index in [4.69, 9.17) is 16.6 Å². The molecule has 0 aliphatic heterocycles. The van der Waals surface area contributed by atoms with E-state index in [1.807, 2.05) is 24.3 Å². The van der Waals surface area contributed by atoms with Crippen molar-refractivity contribution in [3.8, 4) is 11.3 Å². The zero-order valence-corrected chi connectivity index (χ0v) is 10.3. The van der Waals surface area contributed by atoms with Crippen molar-refractivity contribution in [3.63, 3.8) is 0 Å². The molecule has 86 valence electrons. The molecule has 4 rings (SSSR count). The maximum absolute atomic E-state index is 5.99. The molecule has 0 spiro atoms. The minimum absolute atomic E-state index is 0.701. The number of nitrogens with zero attached hydrogens (tertiary/aromatic N) is 2. The van der Waals surface area contributed by atoms with Crippen LogP contribution in [0.1, 0.15) is 11.3 Å². The molecule has 0 amide bonds. The van der Waals surface area contributed by atoms with E-state index >= 15 is 0 Å². The highest BCUT2D eigenvalue weighted by molar-refractivity contribution is 6.31. The molecular formula is C15H9ClN2. The Morgan fingerprint density at radius 2 is 1.83 bits per heavy atom. The molecule has 1 aliphatic carbocycles. The summed E-state index contributed by atoms with van der Waals surface area (Å²) in [5, 5.41) is 0.701. The maximum atomic E-state index is 5.99. The smallest absolute Gasteiger partial charge is 0.0931 e. The highest BCUT2D eigenvalue weighted by atomic mass is 35.5. The van der Waals surface area contributed by atoms with Crippen LogP contribution in [-0.4, -0.2) is 9.97 Å². The van der Waals surface area contributed by atoms with Gasteiger partial charge >= 0.3 is 0 Å². The van der Waals surface area contributed by atoms with Crippen LogP contribution in [0.3, 0.4) is 0 Å². The number of rotatable bonds is 0. The van der Waals surface area contributed by atoms with E-state index in [2.05, 4.69) is 23.2 Å². The Kier molecular flexibility index (Phi) is 1.97. The number of hydrogen-bond donors (Lipinski definition) is 0. The number of benzene rings is 2. The average Bonchev–Trinajstić information content (AvgIpc) is 2.73. The second-order valence-corrected chi connectivity index (χ2v) is 4.92. The molecule has 0 radical (unpaired) electrons. The molecule has 3 aromatic rings. The molecule has 3 heteroatoms. The fourth-order valence-corrected chi connectivity index (χ4v) is 2.66. The molecule has 2 aromatic carbocycles. The van der Waals surface area contributed by atoms with Crippen molar-refractivity contribution in [2.75, 3.05) is 0 Å². The molecule has 0 saturated heterocycles. The van der Waals surface area contributed by atoms with Crippen LogP contribution in [0.15, 0.2) is 42.5 Å². The van der Waals surface area contributed by atoms with E-state index in [1.165, 1.54) is 11.1 Å². The Morgan fingerprint density at radius 3 is 2.78 bits per heavy atom. The lowest BCUT2D eigenvalue weighted by atomic mass is 10.1. The highest BCUT2D eigenvalue weighted by Gasteiger charge is 2.21.